The maximum Gasteiger partial charge on any atom is 0.338 e. The number of methoxy groups -OCH3 is 1. The molecule has 0 spiro atoms. The zero-order valence-corrected chi connectivity index (χ0v) is 12.0. The van der Waals surface area contributed by atoms with Gasteiger partial charge in [0, 0.05) is 25.9 Å². The zero-order chi connectivity index (χ0) is 14.7. The van der Waals surface area contributed by atoms with Crippen molar-refractivity contribution >= 4 is 11.7 Å². The van der Waals surface area contributed by atoms with Crippen LogP contribution in [0.5, 0.6) is 0 Å². The number of carbonyl (C=O) groups is 1. The van der Waals surface area contributed by atoms with Crippen molar-refractivity contribution in [3.8, 4) is 0 Å². The van der Waals surface area contributed by atoms with Gasteiger partial charge in [0.2, 0.25) is 0 Å². The number of likely N-dealkylation sites (tertiary alicyclic amines) is 1. The van der Waals surface area contributed by atoms with Gasteiger partial charge >= 0.3 is 5.97 Å². The molecule has 110 valence electrons. The van der Waals surface area contributed by atoms with Gasteiger partial charge in [-0.25, -0.2) is 4.79 Å². The Balaban J connectivity index is 2.14. The van der Waals surface area contributed by atoms with Crippen molar-refractivity contribution < 1.29 is 14.6 Å². The number of hydrogen-bond donors (Lipinski definition) is 2. The molecule has 1 aromatic rings. The van der Waals surface area contributed by atoms with Gasteiger partial charge in [-0.05, 0) is 30.5 Å². The Hall–Kier alpha value is -1.59. The van der Waals surface area contributed by atoms with Gasteiger partial charge in [0.15, 0.2) is 0 Å². The topological polar surface area (TPSA) is 75.8 Å². The average molecular weight is 278 g/mol. The third-order valence-electron chi connectivity index (χ3n) is 4.07. The first-order valence-corrected chi connectivity index (χ1v) is 6.88. The first-order chi connectivity index (χ1) is 9.52. The molecule has 1 heterocycles. The molecule has 2 atom stereocenters. The molecule has 0 amide bonds. The highest BCUT2D eigenvalue weighted by atomic mass is 16.5. The molecule has 3 N–H and O–H groups in total. The molecule has 1 aliphatic heterocycles. The zero-order valence-electron chi connectivity index (χ0n) is 12.0. The van der Waals surface area contributed by atoms with E-state index in [9.17, 15) is 9.90 Å². The highest BCUT2D eigenvalue weighted by molar-refractivity contribution is 5.95. The van der Waals surface area contributed by atoms with Gasteiger partial charge in [-0.3, -0.25) is 4.90 Å². The minimum absolute atomic E-state index is 0.207. The van der Waals surface area contributed by atoms with Gasteiger partial charge < -0.3 is 15.6 Å². The monoisotopic (exact) mass is 278 g/mol. The van der Waals surface area contributed by atoms with Crippen LogP contribution in [0.25, 0.3) is 0 Å². The lowest BCUT2D eigenvalue weighted by molar-refractivity contribution is -0.00752. The van der Waals surface area contributed by atoms with E-state index in [1.807, 2.05) is 6.07 Å². The van der Waals surface area contributed by atoms with Crippen molar-refractivity contribution in [1.82, 2.24) is 4.90 Å². The number of carboxylic acids is 1. The molecule has 5 nitrogen and oxygen atoms in total. The lowest BCUT2D eigenvalue weighted by Crippen LogP contribution is -2.43. The van der Waals surface area contributed by atoms with Crippen LogP contribution >= 0.6 is 0 Å². The van der Waals surface area contributed by atoms with E-state index in [0.29, 0.717) is 18.2 Å². The first-order valence-electron chi connectivity index (χ1n) is 6.88. The van der Waals surface area contributed by atoms with Gasteiger partial charge in [0.1, 0.15) is 0 Å². The number of carboxylic acid groups (broad SMARTS) is 1. The van der Waals surface area contributed by atoms with Crippen molar-refractivity contribution in [1.29, 1.82) is 0 Å². The van der Waals surface area contributed by atoms with E-state index >= 15 is 0 Å². The third-order valence-corrected chi connectivity index (χ3v) is 4.07. The Morgan fingerprint density at radius 3 is 2.95 bits per heavy atom. The maximum absolute atomic E-state index is 11.3. The van der Waals surface area contributed by atoms with Gasteiger partial charge in [0.25, 0.3) is 0 Å². The Morgan fingerprint density at radius 1 is 1.55 bits per heavy atom. The van der Waals surface area contributed by atoms with E-state index in [-0.39, 0.29) is 11.7 Å². The number of nitrogens with two attached hydrogens (primary N) is 1. The number of benzene rings is 1. The summed E-state index contributed by atoms with van der Waals surface area (Å²) in [6.07, 6.45) is 1.27. The predicted molar refractivity (Wildman–Crippen MR) is 77.7 cm³/mol. The van der Waals surface area contributed by atoms with Crippen LogP contribution in [0.3, 0.4) is 0 Å². The average Bonchev–Trinajstić information content (AvgIpc) is 2.40. The van der Waals surface area contributed by atoms with Crippen LogP contribution in [0.4, 0.5) is 5.69 Å². The number of nitrogen functional groups attached to an aromatic ring is 1. The van der Waals surface area contributed by atoms with Crippen LogP contribution in [0.15, 0.2) is 18.2 Å². The molecule has 2 unspecified atom stereocenters. The summed E-state index contributed by atoms with van der Waals surface area (Å²) in [6.45, 7) is 4.56. The van der Waals surface area contributed by atoms with Crippen molar-refractivity contribution in [2.75, 3.05) is 25.9 Å². The number of ether oxygens (including phenoxy) is 1. The fourth-order valence-corrected chi connectivity index (χ4v) is 2.80. The summed E-state index contributed by atoms with van der Waals surface area (Å²) < 4.78 is 5.49. The summed E-state index contributed by atoms with van der Waals surface area (Å²) in [5.74, 6) is -0.428. The fraction of sp³-hybridized carbons (Fsp3) is 0.533. The minimum Gasteiger partial charge on any atom is -0.478 e. The summed E-state index contributed by atoms with van der Waals surface area (Å²) in [5.41, 5.74) is 7.09. The van der Waals surface area contributed by atoms with Crippen molar-refractivity contribution in [2.45, 2.75) is 26.0 Å². The Bertz CT molecular complexity index is 490. The molecule has 1 fully saturated rings. The molecule has 20 heavy (non-hydrogen) atoms. The standard InChI is InChI=1S/C15H22N2O3/c1-10-6-7-17(9-13(10)20-2)8-11-4-3-5-12(16)14(11)15(18)19/h3-5,10,13H,6-9,16H2,1-2H3,(H,18,19). The first kappa shape index (κ1) is 14.8. The van der Waals surface area contributed by atoms with Crippen LogP contribution in [0.1, 0.15) is 29.3 Å². The summed E-state index contributed by atoms with van der Waals surface area (Å²) in [5, 5.41) is 9.29. The Kier molecular flexibility index (Phi) is 4.62. The predicted octanol–water partition coefficient (Wildman–Crippen LogP) is 1.82. The smallest absolute Gasteiger partial charge is 0.338 e. The molecule has 0 bridgehead atoms. The Morgan fingerprint density at radius 2 is 2.30 bits per heavy atom. The highest BCUT2D eigenvalue weighted by Gasteiger charge is 2.27. The summed E-state index contributed by atoms with van der Waals surface area (Å²) in [7, 11) is 1.73. The van der Waals surface area contributed by atoms with Crippen molar-refractivity contribution in [2.24, 2.45) is 5.92 Å². The quantitative estimate of drug-likeness (QED) is 0.822. The third kappa shape index (κ3) is 3.11. The molecular formula is C15H22N2O3. The Labute approximate surface area is 119 Å². The number of hydrogen-bond acceptors (Lipinski definition) is 4. The second-order valence-corrected chi connectivity index (χ2v) is 5.46. The minimum atomic E-state index is -0.966. The second-order valence-electron chi connectivity index (χ2n) is 5.46. The SMILES string of the molecule is COC1CN(Cc2cccc(N)c2C(=O)O)CCC1C. The molecular weight excluding hydrogens is 256 g/mol. The lowest BCUT2D eigenvalue weighted by atomic mass is 9.95. The summed E-state index contributed by atoms with van der Waals surface area (Å²) in [4.78, 5) is 13.6. The molecule has 5 heteroatoms. The van der Waals surface area contributed by atoms with Crippen LogP contribution in [-0.4, -0.2) is 42.3 Å². The normalized spacial score (nSPS) is 23.7. The number of aromatic carboxylic acids is 1. The molecule has 0 aromatic heterocycles. The van der Waals surface area contributed by atoms with Gasteiger partial charge in [0.05, 0.1) is 11.7 Å². The highest BCUT2D eigenvalue weighted by Crippen LogP contribution is 2.24. The van der Waals surface area contributed by atoms with E-state index < -0.39 is 5.97 Å². The molecule has 1 saturated heterocycles. The maximum atomic E-state index is 11.3. The van der Waals surface area contributed by atoms with Crippen molar-refractivity contribution in [3.63, 3.8) is 0 Å². The fourth-order valence-electron chi connectivity index (χ4n) is 2.80. The molecule has 1 aromatic carbocycles. The van der Waals surface area contributed by atoms with E-state index in [2.05, 4.69) is 11.8 Å². The van der Waals surface area contributed by atoms with E-state index in [1.54, 1.807) is 19.2 Å². The van der Waals surface area contributed by atoms with Gasteiger partial charge in [-0.1, -0.05) is 19.1 Å². The van der Waals surface area contributed by atoms with E-state index in [0.717, 1.165) is 25.1 Å². The van der Waals surface area contributed by atoms with Crippen LogP contribution in [0, 0.1) is 5.92 Å². The van der Waals surface area contributed by atoms with E-state index in [1.165, 1.54) is 0 Å². The number of anilines is 1. The molecule has 0 radical (unpaired) electrons. The largest absolute Gasteiger partial charge is 0.478 e. The van der Waals surface area contributed by atoms with Crippen LogP contribution in [0.2, 0.25) is 0 Å². The number of piperidine rings is 1. The van der Waals surface area contributed by atoms with E-state index in [4.69, 9.17) is 10.5 Å². The summed E-state index contributed by atoms with van der Waals surface area (Å²) >= 11 is 0. The van der Waals surface area contributed by atoms with Gasteiger partial charge in [-0.15, -0.1) is 0 Å². The lowest BCUT2D eigenvalue weighted by Gasteiger charge is -2.36. The van der Waals surface area contributed by atoms with Crippen molar-refractivity contribution in [3.05, 3.63) is 29.3 Å². The molecule has 0 saturated carbocycles. The second kappa shape index (κ2) is 6.24. The molecule has 0 aliphatic carbocycles. The number of nitrogens with zero attached hydrogens (tertiary/aromatic N) is 1. The molecule has 2 rings (SSSR count). The van der Waals surface area contributed by atoms with Crippen LogP contribution < -0.4 is 5.73 Å². The number of rotatable bonds is 4. The van der Waals surface area contributed by atoms with Crippen LogP contribution in [-0.2, 0) is 11.3 Å². The van der Waals surface area contributed by atoms with Gasteiger partial charge in [-0.2, -0.15) is 0 Å². The molecule has 1 aliphatic rings. The summed E-state index contributed by atoms with van der Waals surface area (Å²) in [6, 6.07) is 5.26.